The fourth-order valence-corrected chi connectivity index (χ4v) is 3.08. The predicted molar refractivity (Wildman–Crippen MR) is 49.4 cm³/mol. The van der Waals surface area contributed by atoms with E-state index in [0.29, 0.717) is 30.5 Å². The Balaban J connectivity index is 1.77. The molecule has 0 atom stereocenters. The smallest absolute Gasteiger partial charge is 0.150 e. The van der Waals surface area contributed by atoms with Crippen molar-refractivity contribution in [1.29, 1.82) is 0 Å². The van der Waals surface area contributed by atoms with Crippen LogP contribution in [-0.2, 0) is 14.6 Å². The average Bonchev–Trinajstić information content (AvgIpc) is 1.99. The van der Waals surface area contributed by atoms with Gasteiger partial charge in [-0.1, -0.05) is 0 Å². The molecule has 0 aliphatic carbocycles. The molecule has 0 aromatic carbocycles. The maximum Gasteiger partial charge on any atom is 0.150 e. The zero-order valence-electron chi connectivity index (χ0n) is 7.53. The van der Waals surface area contributed by atoms with E-state index in [0.717, 1.165) is 13.1 Å². The van der Waals surface area contributed by atoms with E-state index in [1.165, 1.54) is 0 Å². The van der Waals surface area contributed by atoms with E-state index < -0.39 is 9.84 Å². The summed E-state index contributed by atoms with van der Waals surface area (Å²) in [5.74, 6) is 0.607. The van der Waals surface area contributed by atoms with Gasteiger partial charge in [0.05, 0.1) is 23.7 Å². The van der Waals surface area contributed by atoms with Crippen LogP contribution in [0.4, 0.5) is 0 Å². The lowest BCUT2D eigenvalue weighted by molar-refractivity contribution is -0.0408. The van der Waals surface area contributed by atoms with Crippen molar-refractivity contribution < 1.29 is 13.2 Å². The molecule has 0 unspecified atom stereocenters. The Morgan fingerprint density at radius 2 is 1.69 bits per heavy atom. The van der Waals surface area contributed by atoms with Gasteiger partial charge < -0.3 is 10.1 Å². The second-order valence-corrected chi connectivity index (χ2v) is 6.07. The van der Waals surface area contributed by atoms with Gasteiger partial charge in [-0.05, 0) is 12.8 Å². The Morgan fingerprint density at radius 1 is 1.08 bits per heavy atom. The molecule has 2 aliphatic heterocycles. The first-order valence-corrected chi connectivity index (χ1v) is 6.54. The summed E-state index contributed by atoms with van der Waals surface area (Å²) in [5.41, 5.74) is 0. The maximum atomic E-state index is 11.1. The lowest BCUT2D eigenvalue weighted by Gasteiger charge is -2.33. The second-order valence-electron chi connectivity index (χ2n) is 3.77. The Morgan fingerprint density at radius 3 is 2.15 bits per heavy atom. The second kappa shape index (κ2) is 3.55. The standard InChI is InChI=1S/C8H15NO3S/c10-13(11)3-1-7(2-4-13)12-8-5-9-6-8/h7-9H,1-6H2. The highest BCUT2D eigenvalue weighted by atomic mass is 32.2. The third-order valence-electron chi connectivity index (χ3n) is 2.63. The van der Waals surface area contributed by atoms with Crippen LogP contribution < -0.4 is 5.32 Å². The van der Waals surface area contributed by atoms with E-state index >= 15 is 0 Å². The molecule has 0 amide bonds. The molecular formula is C8H15NO3S. The molecule has 2 fully saturated rings. The first-order valence-electron chi connectivity index (χ1n) is 4.72. The van der Waals surface area contributed by atoms with Gasteiger partial charge in [-0.15, -0.1) is 0 Å². The number of hydrogen-bond donors (Lipinski definition) is 1. The van der Waals surface area contributed by atoms with Crippen LogP contribution in [0, 0.1) is 0 Å². The zero-order chi connectivity index (χ0) is 9.31. The summed E-state index contributed by atoms with van der Waals surface area (Å²) in [6.07, 6.45) is 1.86. The predicted octanol–water partition coefficient (Wildman–Crippen LogP) is -0.448. The fraction of sp³-hybridized carbons (Fsp3) is 1.00. The lowest BCUT2D eigenvalue weighted by Crippen LogP contribution is -2.50. The molecule has 2 heterocycles. The van der Waals surface area contributed by atoms with Crippen molar-refractivity contribution in [2.75, 3.05) is 24.6 Å². The Labute approximate surface area is 78.6 Å². The van der Waals surface area contributed by atoms with Crippen LogP contribution in [0.25, 0.3) is 0 Å². The minimum absolute atomic E-state index is 0.177. The van der Waals surface area contributed by atoms with Crippen molar-refractivity contribution in [3.8, 4) is 0 Å². The summed E-state index contributed by atoms with van der Waals surface area (Å²) in [6.45, 7) is 1.84. The van der Waals surface area contributed by atoms with Crippen LogP contribution in [0.5, 0.6) is 0 Å². The Kier molecular flexibility index (Phi) is 2.58. The molecule has 2 rings (SSSR count). The summed E-state index contributed by atoms with van der Waals surface area (Å²) in [7, 11) is -2.74. The topological polar surface area (TPSA) is 55.4 Å². The number of nitrogens with one attached hydrogen (secondary N) is 1. The fourth-order valence-electron chi connectivity index (χ4n) is 1.64. The van der Waals surface area contributed by atoms with Crippen LogP contribution in [0.15, 0.2) is 0 Å². The molecule has 0 saturated carbocycles. The van der Waals surface area contributed by atoms with Crippen LogP contribution in [0.2, 0.25) is 0 Å². The van der Waals surface area contributed by atoms with E-state index in [1.807, 2.05) is 0 Å². The van der Waals surface area contributed by atoms with Gasteiger partial charge in [0.15, 0.2) is 9.84 Å². The van der Waals surface area contributed by atoms with E-state index in [9.17, 15) is 8.42 Å². The Bertz CT molecular complexity index is 257. The van der Waals surface area contributed by atoms with E-state index in [2.05, 4.69) is 5.32 Å². The van der Waals surface area contributed by atoms with Gasteiger partial charge in [0, 0.05) is 13.1 Å². The summed E-state index contributed by atoms with van der Waals surface area (Å²) >= 11 is 0. The van der Waals surface area contributed by atoms with Crippen LogP contribution in [0.3, 0.4) is 0 Å². The largest absolute Gasteiger partial charge is 0.372 e. The number of rotatable bonds is 2. The van der Waals surface area contributed by atoms with Crippen molar-refractivity contribution >= 4 is 9.84 Å². The molecule has 0 aromatic rings. The third kappa shape index (κ3) is 2.42. The number of ether oxygens (including phenoxy) is 1. The quantitative estimate of drug-likeness (QED) is 0.663. The van der Waals surface area contributed by atoms with E-state index in [4.69, 9.17) is 4.74 Å². The monoisotopic (exact) mass is 205 g/mol. The Hall–Kier alpha value is -0.130. The van der Waals surface area contributed by atoms with Gasteiger partial charge in [0.25, 0.3) is 0 Å². The molecule has 13 heavy (non-hydrogen) atoms. The van der Waals surface area contributed by atoms with Crippen LogP contribution in [-0.4, -0.2) is 45.2 Å². The highest BCUT2D eigenvalue weighted by Crippen LogP contribution is 2.17. The highest BCUT2D eigenvalue weighted by molar-refractivity contribution is 7.91. The minimum Gasteiger partial charge on any atom is -0.372 e. The molecular weight excluding hydrogens is 190 g/mol. The molecule has 0 aromatic heterocycles. The summed E-state index contributed by atoms with van der Waals surface area (Å²) in [6, 6.07) is 0. The van der Waals surface area contributed by atoms with E-state index in [1.54, 1.807) is 0 Å². The van der Waals surface area contributed by atoms with E-state index in [-0.39, 0.29) is 6.10 Å². The van der Waals surface area contributed by atoms with Crippen LogP contribution in [0.1, 0.15) is 12.8 Å². The van der Waals surface area contributed by atoms with Crippen molar-refractivity contribution in [3.63, 3.8) is 0 Å². The van der Waals surface area contributed by atoms with Crippen molar-refractivity contribution in [2.45, 2.75) is 25.0 Å². The maximum absolute atomic E-state index is 11.1. The number of hydrogen-bond acceptors (Lipinski definition) is 4. The first-order chi connectivity index (χ1) is 6.16. The highest BCUT2D eigenvalue weighted by Gasteiger charge is 2.28. The SMILES string of the molecule is O=S1(=O)CCC(OC2CNC2)CC1. The van der Waals surface area contributed by atoms with Gasteiger partial charge in [-0.25, -0.2) is 8.42 Å². The molecule has 0 spiro atoms. The zero-order valence-corrected chi connectivity index (χ0v) is 8.35. The molecule has 0 radical (unpaired) electrons. The van der Waals surface area contributed by atoms with Gasteiger partial charge in [0.2, 0.25) is 0 Å². The summed E-state index contributed by atoms with van der Waals surface area (Å²) < 4.78 is 27.9. The molecule has 76 valence electrons. The molecule has 0 bridgehead atoms. The molecule has 4 nitrogen and oxygen atoms in total. The molecule has 2 saturated heterocycles. The van der Waals surface area contributed by atoms with Gasteiger partial charge in [-0.3, -0.25) is 0 Å². The molecule has 1 N–H and O–H groups in total. The third-order valence-corrected chi connectivity index (χ3v) is 4.35. The van der Waals surface area contributed by atoms with Gasteiger partial charge in [0.1, 0.15) is 0 Å². The number of sulfone groups is 1. The lowest BCUT2D eigenvalue weighted by atomic mass is 10.2. The average molecular weight is 205 g/mol. The van der Waals surface area contributed by atoms with Crippen molar-refractivity contribution in [2.24, 2.45) is 0 Å². The minimum atomic E-state index is -2.74. The van der Waals surface area contributed by atoms with Crippen molar-refractivity contribution in [3.05, 3.63) is 0 Å². The normalized spacial score (nSPS) is 29.8. The summed E-state index contributed by atoms with van der Waals surface area (Å²) in [5, 5.41) is 3.12. The first kappa shape index (κ1) is 9.43. The molecule has 2 aliphatic rings. The van der Waals surface area contributed by atoms with Crippen molar-refractivity contribution in [1.82, 2.24) is 5.32 Å². The van der Waals surface area contributed by atoms with Gasteiger partial charge >= 0.3 is 0 Å². The van der Waals surface area contributed by atoms with Crippen LogP contribution >= 0.6 is 0 Å². The van der Waals surface area contributed by atoms with Gasteiger partial charge in [-0.2, -0.15) is 0 Å². The molecule has 5 heteroatoms. The summed E-state index contributed by atoms with van der Waals surface area (Å²) in [4.78, 5) is 0.